The summed E-state index contributed by atoms with van der Waals surface area (Å²) in [6.45, 7) is 3.03. The van der Waals surface area contributed by atoms with Crippen molar-refractivity contribution in [3.8, 4) is 0 Å². The maximum absolute atomic E-state index is 5.90. The molecular weight excluding hydrogens is 212 g/mol. The minimum atomic E-state index is 0.830. The zero-order chi connectivity index (χ0) is 8.55. The summed E-state index contributed by atoms with van der Waals surface area (Å²) in [5.41, 5.74) is 1.19. The Bertz CT molecular complexity index is 321. The molecule has 0 atom stereocenters. The second kappa shape index (κ2) is 3.28. The quantitative estimate of drug-likeness (QED) is 0.673. The normalized spacial score (nSPS) is 15.0. The van der Waals surface area contributed by atoms with E-state index in [2.05, 4.69) is 16.2 Å². The summed E-state index contributed by atoms with van der Waals surface area (Å²) < 4.78 is 6.17. The van der Waals surface area contributed by atoms with Gasteiger partial charge in [-0.3, -0.25) is 0 Å². The predicted octanol–water partition coefficient (Wildman–Crippen LogP) is 3.28. The highest BCUT2D eigenvalue weighted by molar-refractivity contribution is 8.00. The van der Waals surface area contributed by atoms with Gasteiger partial charge in [-0.15, -0.1) is 11.3 Å². The summed E-state index contributed by atoms with van der Waals surface area (Å²) in [6, 6.07) is 1.99. The van der Waals surface area contributed by atoms with E-state index in [0.717, 1.165) is 10.9 Å². The van der Waals surface area contributed by atoms with Crippen molar-refractivity contribution in [1.29, 1.82) is 0 Å². The lowest BCUT2D eigenvalue weighted by Gasteiger charge is -2.19. The lowest BCUT2D eigenvalue weighted by Crippen LogP contribution is -2.21. The molecule has 0 aliphatic carbocycles. The van der Waals surface area contributed by atoms with Crippen molar-refractivity contribution in [2.45, 2.75) is 11.1 Å². The Labute approximate surface area is 84.4 Å². The van der Waals surface area contributed by atoms with Crippen molar-refractivity contribution in [1.82, 2.24) is 0 Å². The molecule has 0 N–H and O–H groups in total. The van der Waals surface area contributed by atoms with Gasteiger partial charge in [0, 0.05) is 18.5 Å². The molecule has 1 aliphatic rings. The molecule has 2 nitrogen and oxygen atoms in total. The van der Waals surface area contributed by atoms with Crippen LogP contribution in [0.15, 0.2) is 14.7 Å². The number of thiophene rings is 1. The van der Waals surface area contributed by atoms with Gasteiger partial charge in [-0.25, -0.2) is 4.40 Å². The number of halogens is 1. The fourth-order valence-corrected chi connectivity index (χ4v) is 3.22. The van der Waals surface area contributed by atoms with Gasteiger partial charge >= 0.3 is 0 Å². The van der Waals surface area contributed by atoms with Crippen LogP contribution >= 0.6 is 34.9 Å². The molecule has 2 heterocycles. The highest BCUT2D eigenvalue weighted by atomic mass is 35.5. The Hall–Kier alpha value is -0.190. The van der Waals surface area contributed by atoms with Gasteiger partial charge in [0.2, 0.25) is 0 Å². The van der Waals surface area contributed by atoms with Crippen LogP contribution in [0.25, 0.3) is 0 Å². The summed E-state index contributed by atoms with van der Waals surface area (Å²) >= 11 is 8.97. The van der Waals surface area contributed by atoms with E-state index in [0.29, 0.717) is 0 Å². The first-order valence-corrected chi connectivity index (χ1v) is 5.54. The molecule has 64 valence electrons. The van der Waals surface area contributed by atoms with E-state index in [1.807, 2.05) is 12.4 Å². The maximum atomic E-state index is 5.90. The summed E-state index contributed by atoms with van der Waals surface area (Å²) in [5.74, 6) is 0. The van der Waals surface area contributed by atoms with E-state index >= 15 is 0 Å². The molecule has 0 radical (unpaired) electrons. The number of fused-ring (bicyclic) bond motifs is 1. The van der Waals surface area contributed by atoms with Crippen LogP contribution in [0.4, 0.5) is 5.69 Å². The Kier molecular flexibility index (Phi) is 2.30. The smallest absolute Gasteiger partial charge is 0.108 e. The minimum Gasteiger partial charge on any atom is -0.330 e. The molecule has 12 heavy (non-hydrogen) atoms. The third-order valence-electron chi connectivity index (χ3n) is 1.62. The molecule has 0 fully saturated rings. The Balaban J connectivity index is 2.42. The fourth-order valence-electron chi connectivity index (χ4n) is 1.04. The van der Waals surface area contributed by atoms with Crippen LogP contribution in [0.2, 0.25) is 4.34 Å². The van der Waals surface area contributed by atoms with Crippen molar-refractivity contribution in [3.63, 3.8) is 0 Å². The molecule has 0 saturated carbocycles. The van der Waals surface area contributed by atoms with Crippen molar-refractivity contribution in [2.24, 2.45) is 4.40 Å². The minimum absolute atomic E-state index is 0.830. The van der Waals surface area contributed by atoms with Crippen molar-refractivity contribution >= 4 is 46.9 Å². The first-order valence-electron chi connectivity index (χ1n) is 3.57. The number of anilines is 1. The summed E-state index contributed by atoms with van der Waals surface area (Å²) in [4.78, 5) is 2.09. The maximum Gasteiger partial charge on any atom is 0.108 e. The SMILES string of the molecule is CCN1C=NSc2sc(Cl)cc21. The predicted molar refractivity (Wildman–Crippen MR) is 56.7 cm³/mol. The second-order valence-electron chi connectivity index (χ2n) is 2.32. The number of nitrogens with zero attached hydrogens (tertiary/aromatic N) is 2. The molecule has 1 aliphatic heterocycles. The summed E-state index contributed by atoms with van der Waals surface area (Å²) in [5, 5.41) is 0. The molecule has 0 aromatic carbocycles. The molecule has 0 amide bonds. The largest absolute Gasteiger partial charge is 0.330 e. The molecule has 1 aromatic rings. The molecule has 2 rings (SSSR count). The lowest BCUT2D eigenvalue weighted by molar-refractivity contribution is 1.06. The Morgan fingerprint density at radius 1 is 1.67 bits per heavy atom. The van der Waals surface area contributed by atoms with Crippen molar-refractivity contribution < 1.29 is 0 Å². The fraction of sp³-hybridized carbons (Fsp3) is 0.286. The Morgan fingerprint density at radius 3 is 3.25 bits per heavy atom. The van der Waals surface area contributed by atoms with E-state index in [4.69, 9.17) is 11.6 Å². The second-order valence-corrected chi connectivity index (χ2v) is 5.06. The molecule has 5 heteroatoms. The van der Waals surface area contributed by atoms with Crippen molar-refractivity contribution in [3.05, 3.63) is 10.4 Å². The highest BCUT2D eigenvalue weighted by Gasteiger charge is 2.16. The zero-order valence-corrected chi connectivity index (χ0v) is 8.84. The molecule has 1 aromatic heterocycles. The average Bonchev–Trinajstić information content (AvgIpc) is 2.44. The van der Waals surface area contributed by atoms with E-state index < -0.39 is 0 Å². The van der Waals surface area contributed by atoms with Gasteiger partial charge < -0.3 is 4.90 Å². The molecule has 0 spiro atoms. The van der Waals surface area contributed by atoms with Crippen LogP contribution in [0, 0.1) is 0 Å². The van der Waals surface area contributed by atoms with Crippen LogP contribution < -0.4 is 4.90 Å². The Morgan fingerprint density at radius 2 is 2.50 bits per heavy atom. The first-order chi connectivity index (χ1) is 5.81. The molecule has 0 bridgehead atoms. The van der Waals surface area contributed by atoms with Gasteiger partial charge in [-0.2, -0.15) is 0 Å². The van der Waals surface area contributed by atoms with Gasteiger partial charge in [-0.1, -0.05) is 11.6 Å². The monoisotopic (exact) mass is 218 g/mol. The number of hydrogen-bond acceptors (Lipinski definition) is 4. The van der Waals surface area contributed by atoms with Crippen LogP contribution in [0.1, 0.15) is 6.92 Å². The van der Waals surface area contributed by atoms with Crippen molar-refractivity contribution in [2.75, 3.05) is 11.4 Å². The third-order valence-corrected chi connectivity index (χ3v) is 3.72. The van der Waals surface area contributed by atoms with E-state index in [1.165, 1.54) is 21.8 Å². The summed E-state index contributed by atoms with van der Waals surface area (Å²) in [7, 11) is 0. The van der Waals surface area contributed by atoms with Gasteiger partial charge in [0.15, 0.2) is 0 Å². The highest BCUT2D eigenvalue weighted by Crippen LogP contribution is 2.42. The van der Waals surface area contributed by atoms with E-state index in [1.54, 1.807) is 11.3 Å². The molecular formula is C7H7ClN2S2. The first kappa shape index (κ1) is 8.41. The zero-order valence-electron chi connectivity index (χ0n) is 6.45. The van der Waals surface area contributed by atoms with Crippen LogP contribution in [-0.2, 0) is 0 Å². The van der Waals surface area contributed by atoms with Crippen LogP contribution in [0.3, 0.4) is 0 Å². The van der Waals surface area contributed by atoms with Gasteiger partial charge in [0.05, 0.1) is 10.0 Å². The topological polar surface area (TPSA) is 15.6 Å². The van der Waals surface area contributed by atoms with Gasteiger partial charge in [0.1, 0.15) is 10.5 Å². The van der Waals surface area contributed by atoms with Gasteiger partial charge in [0.25, 0.3) is 0 Å². The van der Waals surface area contributed by atoms with E-state index in [9.17, 15) is 0 Å². The molecule has 0 unspecified atom stereocenters. The van der Waals surface area contributed by atoms with E-state index in [-0.39, 0.29) is 0 Å². The summed E-state index contributed by atoms with van der Waals surface area (Å²) in [6.07, 6.45) is 1.84. The molecule has 0 saturated heterocycles. The standard InChI is InChI=1S/C7H7ClN2S2/c1-2-10-4-9-12-7-5(10)3-6(8)11-7/h3-4H,2H2,1H3. The van der Waals surface area contributed by atoms with Crippen LogP contribution in [0.5, 0.6) is 0 Å². The van der Waals surface area contributed by atoms with Gasteiger partial charge in [-0.05, 0) is 13.0 Å². The number of hydrogen-bond donors (Lipinski definition) is 0. The number of rotatable bonds is 1. The van der Waals surface area contributed by atoms with Crippen LogP contribution in [-0.4, -0.2) is 12.9 Å². The third kappa shape index (κ3) is 1.34. The lowest BCUT2D eigenvalue weighted by atomic mass is 10.4. The average molecular weight is 219 g/mol.